The Bertz CT molecular complexity index is 418. The summed E-state index contributed by atoms with van der Waals surface area (Å²) in [7, 11) is 0. The van der Waals surface area contributed by atoms with E-state index in [-0.39, 0.29) is 0 Å². The molecule has 120 valence electrons. The maximum absolute atomic E-state index is 4.89. The summed E-state index contributed by atoms with van der Waals surface area (Å²) in [6, 6.07) is 0. The van der Waals surface area contributed by atoms with Crippen LogP contribution in [0.4, 0.5) is 5.95 Å². The normalized spacial score (nSPS) is 16.6. The van der Waals surface area contributed by atoms with Crippen molar-refractivity contribution in [3.63, 3.8) is 0 Å². The second-order valence-electron chi connectivity index (χ2n) is 6.66. The lowest BCUT2D eigenvalue weighted by Crippen LogP contribution is -2.37. The Labute approximate surface area is 129 Å². The standard InChI is InChI=1S/C17H32N4/c1-5-16-13-21(11-14(3)4)17(19-16)20(6-2)12-15-7-9-18-10-8-15/h13-15,18H,5-12H2,1-4H3. The van der Waals surface area contributed by atoms with Crippen molar-refractivity contribution in [1.29, 1.82) is 0 Å². The van der Waals surface area contributed by atoms with Crippen molar-refractivity contribution < 1.29 is 0 Å². The van der Waals surface area contributed by atoms with Crippen molar-refractivity contribution in [1.82, 2.24) is 14.9 Å². The van der Waals surface area contributed by atoms with Crippen LogP contribution in [0.25, 0.3) is 0 Å². The van der Waals surface area contributed by atoms with E-state index in [0.29, 0.717) is 5.92 Å². The molecule has 0 unspecified atom stereocenters. The van der Waals surface area contributed by atoms with Gasteiger partial charge in [-0.15, -0.1) is 0 Å². The van der Waals surface area contributed by atoms with Crippen molar-refractivity contribution in [2.75, 3.05) is 31.1 Å². The van der Waals surface area contributed by atoms with Crippen LogP contribution in [-0.2, 0) is 13.0 Å². The van der Waals surface area contributed by atoms with Crippen molar-refractivity contribution >= 4 is 5.95 Å². The van der Waals surface area contributed by atoms with Gasteiger partial charge >= 0.3 is 0 Å². The number of imidazole rings is 1. The molecule has 0 amide bonds. The van der Waals surface area contributed by atoms with E-state index in [1.165, 1.54) is 37.6 Å². The monoisotopic (exact) mass is 292 g/mol. The molecule has 0 aromatic carbocycles. The molecule has 0 atom stereocenters. The summed E-state index contributed by atoms with van der Waals surface area (Å²) in [5.41, 5.74) is 1.22. The molecule has 0 spiro atoms. The summed E-state index contributed by atoms with van der Waals surface area (Å²) in [6.45, 7) is 14.6. The highest BCUT2D eigenvalue weighted by Crippen LogP contribution is 2.21. The van der Waals surface area contributed by atoms with Gasteiger partial charge in [-0.3, -0.25) is 0 Å². The first-order valence-electron chi connectivity index (χ1n) is 8.65. The number of aryl methyl sites for hydroxylation is 1. The Morgan fingerprint density at radius 2 is 2.05 bits per heavy atom. The van der Waals surface area contributed by atoms with E-state index in [4.69, 9.17) is 4.98 Å². The van der Waals surface area contributed by atoms with Gasteiger partial charge in [-0.25, -0.2) is 4.98 Å². The third kappa shape index (κ3) is 4.47. The van der Waals surface area contributed by atoms with Crippen LogP contribution in [0.2, 0.25) is 0 Å². The van der Waals surface area contributed by atoms with Crippen molar-refractivity contribution in [3.8, 4) is 0 Å². The van der Waals surface area contributed by atoms with Crippen molar-refractivity contribution in [2.24, 2.45) is 11.8 Å². The molecule has 1 aliphatic rings. The first-order chi connectivity index (χ1) is 10.1. The van der Waals surface area contributed by atoms with Gasteiger partial charge in [-0.2, -0.15) is 0 Å². The molecule has 2 heterocycles. The van der Waals surface area contributed by atoms with Gasteiger partial charge < -0.3 is 14.8 Å². The van der Waals surface area contributed by atoms with Crippen LogP contribution in [0.15, 0.2) is 6.20 Å². The molecule has 0 aliphatic carbocycles. The van der Waals surface area contributed by atoms with E-state index >= 15 is 0 Å². The molecular weight excluding hydrogens is 260 g/mol. The maximum Gasteiger partial charge on any atom is 0.205 e. The molecule has 4 nitrogen and oxygen atoms in total. The van der Waals surface area contributed by atoms with Gasteiger partial charge in [0.2, 0.25) is 5.95 Å². The first-order valence-corrected chi connectivity index (χ1v) is 8.65. The lowest BCUT2D eigenvalue weighted by Gasteiger charge is -2.30. The fraction of sp³-hybridized carbons (Fsp3) is 0.824. The zero-order valence-corrected chi connectivity index (χ0v) is 14.2. The number of anilines is 1. The maximum atomic E-state index is 4.89. The second kappa shape index (κ2) is 7.83. The number of hydrogen-bond acceptors (Lipinski definition) is 3. The third-order valence-electron chi connectivity index (χ3n) is 4.33. The van der Waals surface area contributed by atoms with Gasteiger partial charge in [-0.1, -0.05) is 20.8 Å². The van der Waals surface area contributed by atoms with E-state index in [2.05, 4.69) is 48.7 Å². The largest absolute Gasteiger partial charge is 0.342 e. The van der Waals surface area contributed by atoms with Crippen LogP contribution >= 0.6 is 0 Å². The van der Waals surface area contributed by atoms with E-state index in [1.807, 2.05) is 0 Å². The van der Waals surface area contributed by atoms with Gasteiger partial charge in [-0.05, 0) is 51.1 Å². The predicted octanol–water partition coefficient (Wildman–Crippen LogP) is 2.93. The summed E-state index contributed by atoms with van der Waals surface area (Å²) in [4.78, 5) is 7.38. The zero-order valence-electron chi connectivity index (χ0n) is 14.2. The molecule has 0 bridgehead atoms. The van der Waals surface area contributed by atoms with Crippen LogP contribution in [0.3, 0.4) is 0 Å². The molecular formula is C17H32N4. The van der Waals surface area contributed by atoms with Gasteiger partial charge in [0.25, 0.3) is 0 Å². The molecule has 1 aromatic heterocycles. The third-order valence-corrected chi connectivity index (χ3v) is 4.33. The fourth-order valence-electron chi connectivity index (χ4n) is 3.14. The topological polar surface area (TPSA) is 33.1 Å². The van der Waals surface area contributed by atoms with E-state index < -0.39 is 0 Å². The Morgan fingerprint density at radius 1 is 1.33 bits per heavy atom. The Hall–Kier alpha value is -1.03. The number of rotatable bonds is 7. The minimum absolute atomic E-state index is 0.653. The average molecular weight is 292 g/mol. The van der Waals surface area contributed by atoms with E-state index in [1.54, 1.807) is 0 Å². The van der Waals surface area contributed by atoms with Gasteiger partial charge in [0.15, 0.2) is 0 Å². The van der Waals surface area contributed by atoms with Crippen LogP contribution in [0.1, 0.15) is 46.2 Å². The molecule has 2 rings (SSSR count). The molecule has 4 heteroatoms. The molecule has 1 saturated heterocycles. The highest BCUT2D eigenvalue weighted by molar-refractivity contribution is 5.33. The number of hydrogen-bond donors (Lipinski definition) is 1. The predicted molar refractivity (Wildman–Crippen MR) is 89.9 cm³/mol. The SMILES string of the molecule is CCc1cn(CC(C)C)c(N(CC)CC2CCNCC2)n1. The summed E-state index contributed by atoms with van der Waals surface area (Å²) in [5.74, 6) is 2.64. The lowest BCUT2D eigenvalue weighted by molar-refractivity contribution is 0.371. The van der Waals surface area contributed by atoms with Crippen LogP contribution in [-0.4, -0.2) is 35.7 Å². The van der Waals surface area contributed by atoms with Crippen LogP contribution < -0.4 is 10.2 Å². The molecule has 1 fully saturated rings. The summed E-state index contributed by atoms with van der Waals surface area (Å²) >= 11 is 0. The van der Waals surface area contributed by atoms with Gasteiger partial charge in [0, 0.05) is 25.8 Å². The second-order valence-corrected chi connectivity index (χ2v) is 6.66. The molecule has 1 N–H and O–H groups in total. The molecule has 1 aromatic rings. The van der Waals surface area contributed by atoms with Crippen molar-refractivity contribution in [2.45, 2.75) is 53.5 Å². The van der Waals surface area contributed by atoms with Gasteiger partial charge in [0.05, 0.1) is 5.69 Å². The highest BCUT2D eigenvalue weighted by Gasteiger charge is 2.20. The smallest absolute Gasteiger partial charge is 0.205 e. The van der Waals surface area contributed by atoms with Gasteiger partial charge in [0.1, 0.15) is 0 Å². The highest BCUT2D eigenvalue weighted by atomic mass is 15.3. The lowest BCUT2D eigenvalue weighted by atomic mass is 9.98. The summed E-state index contributed by atoms with van der Waals surface area (Å²) in [6.07, 6.45) is 5.85. The van der Waals surface area contributed by atoms with Crippen molar-refractivity contribution in [3.05, 3.63) is 11.9 Å². The first kappa shape index (κ1) is 16.3. The number of aromatic nitrogens is 2. The fourth-order valence-corrected chi connectivity index (χ4v) is 3.14. The summed E-state index contributed by atoms with van der Waals surface area (Å²) in [5, 5.41) is 3.46. The van der Waals surface area contributed by atoms with Crippen LogP contribution in [0.5, 0.6) is 0 Å². The minimum Gasteiger partial charge on any atom is -0.342 e. The van der Waals surface area contributed by atoms with Crippen LogP contribution in [0, 0.1) is 11.8 Å². The molecule has 21 heavy (non-hydrogen) atoms. The zero-order chi connectivity index (χ0) is 15.2. The van der Waals surface area contributed by atoms with E-state index in [9.17, 15) is 0 Å². The molecule has 0 saturated carbocycles. The Kier molecular flexibility index (Phi) is 6.09. The number of nitrogens with zero attached hydrogens (tertiary/aromatic N) is 3. The average Bonchev–Trinajstić information content (AvgIpc) is 2.88. The number of nitrogens with one attached hydrogen (secondary N) is 1. The Morgan fingerprint density at radius 3 is 2.62 bits per heavy atom. The summed E-state index contributed by atoms with van der Waals surface area (Å²) < 4.78 is 2.37. The Balaban J connectivity index is 2.13. The quantitative estimate of drug-likeness (QED) is 0.839. The minimum atomic E-state index is 0.653. The number of piperidine rings is 1. The molecule has 1 aliphatic heterocycles. The molecule has 0 radical (unpaired) electrons. The van der Waals surface area contributed by atoms with E-state index in [0.717, 1.165) is 32.0 Å².